The minimum Gasteiger partial charge on any atom is -0.335 e. The summed E-state index contributed by atoms with van der Waals surface area (Å²) >= 11 is 5.54. The molecule has 0 bridgehead atoms. The molecule has 1 saturated heterocycles. The van der Waals surface area contributed by atoms with Crippen LogP contribution in [0.25, 0.3) is 0 Å². The minimum atomic E-state index is -5.06. The highest BCUT2D eigenvalue weighted by atomic mass is 35.5. The Morgan fingerprint density at radius 3 is 2.62 bits per heavy atom. The smallest absolute Gasteiger partial charge is 0.335 e. The van der Waals surface area contributed by atoms with E-state index in [0.717, 1.165) is 12.3 Å². The van der Waals surface area contributed by atoms with Crippen LogP contribution in [0, 0.1) is 5.82 Å². The predicted molar refractivity (Wildman–Crippen MR) is 108 cm³/mol. The monoisotopic (exact) mass is 498 g/mol. The van der Waals surface area contributed by atoms with Crippen molar-refractivity contribution in [1.82, 2.24) is 20.5 Å². The van der Waals surface area contributed by atoms with E-state index < -0.39 is 53.4 Å². The van der Waals surface area contributed by atoms with E-state index in [2.05, 4.69) is 10.3 Å². The van der Waals surface area contributed by atoms with E-state index in [4.69, 9.17) is 11.6 Å². The molecule has 1 aromatic carbocycles. The number of piperidine rings is 1. The van der Waals surface area contributed by atoms with Crippen LogP contribution in [-0.2, 0) is 16.1 Å². The van der Waals surface area contributed by atoms with Crippen LogP contribution in [0.4, 0.5) is 17.6 Å². The molecule has 13 heteroatoms. The summed E-state index contributed by atoms with van der Waals surface area (Å²) in [5.74, 6) is -4.09. The molecular formula is C21H15ClF4N4O4. The highest BCUT2D eigenvalue weighted by Gasteiger charge is 2.45. The third kappa shape index (κ3) is 4.45. The van der Waals surface area contributed by atoms with Gasteiger partial charge in [-0.15, -0.1) is 0 Å². The van der Waals surface area contributed by atoms with E-state index in [1.165, 1.54) is 17.0 Å². The molecule has 2 aromatic rings. The van der Waals surface area contributed by atoms with Gasteiger partial charge in [0.05, 0.1) is 5.02 Å². The summed E-state index contributed by atoms with van der Waals surface area (Å²) in [6.45, 7) is -0.0718. The lowest BCUT2D eigenvalue weighted by atomic mass is 10.0. The van der Waals surface area contributed by atoms with Gasteiger partial charge in [0.1, 0.15) is 17.6 Å². The number of nitrogens with one attached hydrogen (secondary N) is 2. The van der Waals surface area contributed by atoms with Crippen LogP contribution in [0.1, 0.15) is 50.9 Å². The van der Waals surface area contributed by atoms with Gasteiger partial charge in [-0.3, -0.25) is 29.5 Å². The highest BCUT2D eigenvalue weighted by molar-refractivity contribution is 6.30. The summed E-state index contributed by atoms with van der Waals surface area (Å²) in [4.78, 5) is 53.4. The largest absolute Gasteiger partial charge is 0.414 e. The number of alkyl halides is 3. The predicted octanol–water partition coefficient (Wildman–Crippen LogP) is 2.67. The zero-order valence-electron chi connectivity index (χ0n) is 17.1. The second-order valence-corrected chi connectivity index (χ2v) is 8.18. The lowest BCUT2D eigenvalue weighted by molar-refractivity contribution is -0.156. The quantitative estimate of drug-likeness (QED) is 0.498. The molecular weight excluding hydrogens is 484 g/mol. The van der Waals surface area contributed by atoms with Crippen LogP contribution in [0.5, 0.6) is 0 Å². The van der Waals surface area contributed by atoms with Gasteiger partial charge in [-0.1, -0.05) is 11.6 Å². The number of hydrogen-bond acceptors (Lipinski definition) is 5. The third-order valence-electron chi connectivity index (χ3n) is 5.50. The van der Waals surface area contributed by atoms with Gasteiger partial charge in [0, 0.05) is 30.3 Å². The van der Waals surface area contributed by atoms with Gasteiger partial charge in [0.15, 0.2) is 6.04 Å². The fraction of sp³-hybridized carbons (Fsp3) is 0.286. The molecule has 0 unspecified atom stereocenters. The summed E-state index contributed by atoms with van der Waals surface area (Å²) in [6.07, 6.45) is -4.05. The van der Waals surface area contributed by atoms with Crippen molar-refractivity contribution in [2.45, 2.75) is 37.6 Å². The second-order valence-electron chi connectivity index (χ2n) is 7.74. The number of amides is 4. The molecule has 178 valence electrons. The molecule has 8 nitrogen and oxygen atoms in total. The Balaban J connectivity index is 1.56. The topological polar surface area (TPSA) is 108 Å². The number of rotatable bonds is 4. The van der Waals surface area contributed by atoms with Crippen LogP contribution < -0.4 is 10.6 Å². The molecule has 2 aliphatic rings. The van der Waals surface area contributed by atoms with Gasteiger partial charge in [-0.2, -0.15) is 13.2 Å². The molecule has 4 amide bonds. The molecule has 1 aromatic heterocycles. The number of hydrogen-bond donors (Lipinski definition) is 2. The number of aromatic nitrogens is 1. The molecule has 3 heterocycles. The third-order valence-corrected chi connectivity index (χ3v) is 5.70. The SMILES string of the molecule is O=C1CC[C@@H](N2Cc3cc(C(=O)N[C@H](c4ncc(Cl)cc4F)C(F)(F)F)ccc3C2=O)C(=O)N1. The van der Waals surface area contributed by atoms with Crippen molar-refractivity contribution in [3.63, 3.8) is 0 Å². The fourth-order valence-corrected chi connectivity index (χ4v) is 4.02. The maximum atomic E-state index is 14.1. The zero-order chi connectivity index (χ0) is 24.8. The average molecular weight is 499 g/mol. The summed E-state index contributed by atoms with van der Waals surface area (Å²) in [5, 5.41) is 3.67. The summed E-state index contributed by atoms with van der Waals surface area (Å²) in [6, 6.07) is 0.671. The number of carbonyl (C=O) groups excluding carboxylic acids is 4. The van der Waals surface area contributed by atoms with Crippen molar-refractivity contribution in [2.75, 3.05) is 0 Å². The standard InChI is InChI=1S/C21H15ClF4N4O4/c22-11-6-13(23)16(27-7-11)17(21(24,25)26)29-18(32)9-1-2-12-10(5-9)8-30(20(12)34)14-3-4-15(31)28-19(14)33/h1-2,5-7,14,17H,3-4,8H2,(H,29,32)(H,28,31,33)/t14-,17-/m1/s1. The molecule has 0 radical (unpaired) electrons. The minimum absolute atomic E-state index is 0.0539. The first-order valence-corrected chi connectivity index (χ1v) is 10.3. The molecule has 2 atom stereocenters. The van der Waals surface area contributed by atoms with Gasteiger partial charge in [-0.25, -0.2) is 4.39 Å². The molecule has 0 spiro atoms. The molecule has 34 heavy (non-hydrogen) atoms. The molecule has 2 N–H and O–H groups in total. The maximum Gasteiger partial charge on any atom is 0.414 e. The van der Waals surface area contributed by atoms with E-state index in [1.807, 2.05) is 0 Å². The fourth-order valence-electron chi connectivity index (χ4n) is 3.87. The number of benzene rings is 1. The summed E-state index contributed by atoms with van der Waals surface area (Å²) in [5.41, 5.74) is -0.758. The summed E-state index contributed by atoms with van der Waals surface area (Å²) in [7, 11) is 0. The normalized spacial score (nSPS) is 19.0. The molecule has 1 fully saturated rings. The lowest BCUT2D eigenvalue weighted by Crippen LogP contribution is -2.52. The van der Waals surface area contributed by atoms with Crippen molar-refractivity contribution in [2.24, 2.45) is 0 Å². The molecule has 0 aliphatic carbocycles. The Morgan fingerprint density at radius 1 is 1.24 bits per heavy atom. The van der Waals surface area contributed by atoms with Crippen molar-refractivity contribution in [3.8, 4) is 0 Å². The first-order valence-electron chi connectivity index (χ1n) is 9.92. The van der Waals surface area contributed by atoms with Crippen molar-refractivity contribution in [1.29, 1.82) is 0 Å². The van der Waals surface area contributed by atoms with E-state index >= 15 is 0 Å². The molecule has 0 saturated carbocycles. The van der Waals surface area contributed by atoms with Crippen LogP contribution in [0.2, 0.25) is 5.02 Å². The average Bonchev–Trinajstić information content (AvgIpc) is 3.07. The molecule has 4 rings (SSSR count). The van der Waals surface area contributed by atoms with Crippen LogP contribution in [0.15, 0.2) is 30.5 Å². The van der Waals surface area contributed by atoms with Crippen LogP contribution in [0.3, 0.4) is 0 Å². The number of carbonyl (C=O) groups is 4. The van der Waals surface area contributed by atoms with Crippen molar-refractivity contribution >= 4 is 35.2 Å². The second kappa shape index (κ2) is 8.67. The Hall–Kier alpha value is -3.54. The van der Waals surface area contributed by atoms with Crippen molar-refractivity contribution in [3.05, 3.63) is 63.7 Å². The van der Waals surface area contributed by atoms with Gasteiger partial charge in [0.2, 0.25) is 11.8 Å². The molecule has 2 aliphatic heterocycles. The summed E-state index contributed by atoms with van der Waals surface area (Å²) < 4.78 is 54.8. The van der Waals surface area contributed by atoms with Crippen LogP contribution >= 0.6 is 11.6 Å². The maximum absolute atomic E-state index is 14.1. The number of imide groups is 1. The van der Waals surface area contributed by atoms with E-state index in [9.17, 15) is 36.7 Å². The Labute approximate surface area is 194 Å². The number of nitrogens with zero attached hydrogens (tertiary/aromatic N) is 2. The van der Waals surface area contributed by atoms with Crippen molar-refractivity contribution < 1.29 is 36.7 Å². The Morgan fingerprint density at radius 2 is 1.97 bits per heavy atom. The lowest BCUT2D eigenvalue weighted by Gasteiger charge is -2.29. The number of pyridine rings is 1. The van der Waals surface area contributed by atoms with Gasteiger partial charge >= 0.3 is 6.18 Å². The van der Waals surface area contributed by atoms with E-state index in [0.29, 0.717) is 11.6 Å². The van der Waals surface area contributed by atoms with Crippen LogP contribution in [-0.4, -0.2) is 45.7 Å². The van der Waals surface area contributed by atoms with E-state index in [-0.39, 0.29) is 35.5 Å². The Kier molecular flexibility index (Phi) is 6.02. The highest BCUT2D eigenvalue weighted by Crippen LogP contribution is 2.34. The van der Waals surface area contributed by atoms with Gasteiger partial charge in [-0.05, 0) is 36.2 Å². The zero-order valence-corrected chi connectivity index (χ0v) is 17.8. The van der Waals surface area contributed by atoms with Gasteiger partial charge in [0.25, 0.3) is 11.8 Å². The van der Waals surface area contributed by atoms with E-state index in [1.54, 1.807) is 5.32 Å². The first kappa shape index (κ1) is 23.6. The Bertz CT molecular complexity index is 1220. The number of fused-ring (bicyclic) bond motifs is 1. The van der Waals surface area contributed by atoms with Gasteiger partial charge < -0.3 is 10.2 Å². The first-order chi connectivity index (χ1) is 16.0. The number of halogens is 5.